The maximum Gasteiger partial charge on any atom is 0.238 e. The average molecular weight is 447 g/mol. The third-order valence-electron chi connectivity index (χ3n) is 4.76. The number of aliphatic hydroxyl groups is 1. The van der Waals surface area contributed by atoms with Crippen molar-refractivity contribution in [2.24, 2.45) is 5.14 Å². The van der Waals surface area contributed by atoms with E-state index < -0.39 is 15.6 Å². The van der Waals surface area contributed by atoms with Gasteiger partial charge in [-0.25, -0.2) is 23.5 Å². The Morgan fingerprint density at radius 2 is 1.87 bits per heavy atom. The van der Waals surface area contributed by atoms with Crippen LogP contribution in [0, 0.1) is 6.92 Å². The summed E-state index contributed by atoms with van der Waals surface area (Å²) in [5.74, 6) is 0.383. The molecular formula is C21H26N4O3S2. The summed E-state index contributed by atoms with van der Waals surface area (Å²) in [5.41, 5.74) is 8.51. The molecule has 0 saturated heterocycles. The number of hydrogen-bond acceptors (Lipinski definition) is 7. The van der Waals surface area contributed by atoms with Crippen LogP contribution in [0.2, 0.25) is 0 Å². The van der Waals surface area contributed by atoms with Crippen molar-refractivity contribution in [2.75, 3.05) is 5.73 Å². The minimum atomic E-state index is -3.85. The van der Waals surface area contributed by atoms with E-state index >= 15 is 0 Å². The van der Waals surface area contributed by atoms with Crippen LogP contribution in [0.5, 0.6) is 0 Å². The third kappa shape index (κ3) is 5.42. The minimum Gasteiger partial charge on any atom is -0.390 e. The van der Waals surface area contributed by atoms with Gasteiger partial charge in [-0.1, -0.05) is 6.07 Å². The first kappa shape index (κ1) is 22.4. The SMILES string of the molecule is Cc1ncc(-c2cc(-c3cc(S(N)(=O)=O)ccc3CCCC(C)(C)O)cnc2N)s1. The number of nitrogens with zero attached hydrogens (tertiary/aromatic N) is 2. The average Bonchev–Trinajstić information content (AvgIpc) is 3.06. The standard InChI is InChI=1S/C21H26N4O3S2/c1-13-24-12-19(29-13)18-9-15(11-25-20(18)22)17-10-16(30(23,27)28)7-6-14(17)5-4-8-21(2,3)26/h6-7,9-12,26H,4-5,8H2,1-3H3,(H2,22,25)(H2,23,27,28). The molecule has 0 aliphatic rings. The van der Waals surface area contributed by atoms with Crippen molar-refractivity contribution < 1.29 is 13.5 Å². The Labute approximate surface area is 180 Å². The number of sulfonamides is 1. The Hall–Kier alpha value is -2.33. The Bertz CT molecular complexity index is 1170. The zero-order chi connectivity index (χ0) is 22.1. The normalized spacial score (nSPS) is 12.3. The number of aryl methyl sites for hydroxylation is 2. The van der Waals surface area contributed by atoms with E-state index in [1.54, 1.807) is 38.4 Å². The summed E-state index contributed by atoms with van der Waals surface area (Å²) in [6.07, 6.45) is 5.42. The predicted octanol–water partition coefficient (Wildman–Crippen LogP) is 3.50. The van der Waals surface area contributed by atoms with Gasteiger partial charge in [0.1, 0.15) is 5.82 Å². The van der Waals surface area contributed by atoms with Crippen LogP contribution in [0.15, 0.2) is 41.6 Å². The molecule has 0 aliphatic carbocycles. The van der Waals surface area contributed by atoms with Gasteiger partial charge in [-0.15, -0.1) is 11.3 Å². The first-order valence-electron chi connectivity index (χ1n) is 9.51. The second kappa shape index (κ2) is 8.43. The summed E-state index contributed by atoms with van der Waals surface area (Å²) in [6, 6.07) is 6.75. The quantitative estimate of drug-likeness (QED) is 0.509. The molecular weight excluding hydrogens is 420 g/mol. The molecule has 0 atom stereocenters. The minimum absolute atomic E-state index is 0.0377. The zero-order valence-corrected chi connectivity index (χ0v) is 18.8. The lowest BCUT2D eigenvalue weighted by Gasteiger charge is -2.18. The summed E-state index contributed by atoms with van der Waals surface area (Å²) < 4.78 is 23.8. The fraction of sp³-hybridized carbons (Fsp3) is 0.333. The van der Waals surface area contributed by atoms with E-state index in [1.165, 1.54) is 17.4 Å². The molecule has 0 unspecified atom stereocenters. The van der Waals surface area contributed by atoms with Crippen molar-refractivity contribution in [1.82, 2.24) is 9.97 Å². The van der Waals surface area contributed by atoms with Crippen LogP contribution in [-0.4, -0.2) is 29.1 Å². The van der Waals surface area contributed by atoms with Gasteiger partial charge in [0.15, 0.2) is 0 Å². The van der Waals surface area contributed by atoms with E-state index in [0.29, 0.717) is 18.7 Å². The fourth-order valence-electron chi connectivity index (χ4n) is 3.24. The largest absolute Gasteiger partial charge is 0.390 e. The highest BCUT2D eigenvalue weighted by atomic mass is 32.2. The van der Waals surface area contributed by atoms with Crippen LogP contribution >= 0.6 is 11.3 Å². The number of pyridine rings is 1. The number of rotatable bonds is 7. The molecule has 5 N–H and O–H groups in total. The lowest BCUT2D eigenvalue weighted by atomic mass is 9.93. The van der Waals surface area contributed by atoms with E-state index in [0.717, 1.165) is 38.6 Å². The molecule has 160 valence electrons. The molecule has 0 amide bonds. The number of thiazole rings is 1. The van der Waals surface area contributed by atoms with E-state index in [4.69, 9.17) is 10.9 Å². The molecule has 0 radical (unpaired) electrons. The van der Waals surface area contributed by atoms with Gasteiger partial charge in [-0.3, -0.25) is 0 Å². The lowest BCUT2D eigenvalue weighted by Crippen LogP contribution is -2.18. The van der Waals surface area contributed by atoms with Gasteiger partial charge < -0.3 is 10.8 Å². The van der Waals surface area contributed by atoms with Gasteiger partial charge in [0.2, 0.25) is 10.0 Å². The molecule has 3 rings (SSSR count). The third-order valence-corrected chi connectivity index (χ3v) is 6.62. The highest BCUT2D eigenvalue weighted by molar-refractivity contribution is 7.89. The Balaban J connectivity index is 2.08. The summed E-state index contributed by atoms with van der Waals surface area (Å²) in [4.78, 5) is 9.54. The summed E-state index contributed by atoms with van der Waals surface area (Å²) in [5, 5.41) is 16.3. The molecule has 0 saturated carbocycles. The number of nitrogens with two attached hydrogens (primary N) is 2. The van der Waals surface area contributed by atoms with Crippen molar-refractivity contribution in [1.29, 1.82) is 0 Å². The maximum atomic E-state index is 11.9. The van der Waals surface area contributed by atoms with Gasteiger partial charge in [0, 0.05) is 23.5 Å². The highest BCUT2D eigenvalue weighted by Crippen LogP contribution is 2.35. The Kier molecular flexibility index (Phi) is 6.28. The smallest absolute Gasteiger partial charge is 0.238 e. The number of anilines is 1. The summed E-state index contributed by atoms with van der Waals surface area (Å²) in [7, 11) is -3.85. The topological polar surface area (TPSA) is 132 Å². The number of benzene rings is 1. The monoisotopic (exact) mass is 446 g/mol. The second-order valence-corrected chi connectivity index (χ2v) is 10.7. The van der Waals surface area contributed by atoms with Crippen molar-refractivity contribution in [3.63, 3.8) is 0 Å². The van der Waals surface area contributed by atoms with Crippen molar-refractivity contribution >= 4 is 27.2 Å². The van der Waals surface area contributed by atoms with Crippen molar-refractivity contribution in [3.8, 4) is 21.6 Å². The Morgan fingerprint density at radius 3 is 2.47 bits per heavy atom. The van der Waals surface area contributed by atoms with Crippen molar-refractivity contribution in [3.05, 3.63) is 47.2 Å². The van der Waals surface area contributed by atoms with Gasteiger partial charge in [0.05, 0.1) is 20.4 Å². The summed E-state index contributed by atoms with van der Waals surface area (Å²) in [6.45, 7) is 5.45. The zero-order valence-electron chi connectivity index (χ0n) is 17.2. The second-order valence-electron chi connectivity index (χ2n) is 7.93. The molecule has 0 fully saturated rings. The predicted molar refractivity (Wildman–Crippen MR) is 121 cm³/mol. The van der Waals surface area contributed by atoms with E-state index in [1.807, 2.05) is 13.0 Å². The van der Waals surface area contributed by atoms with Gasteiger partial charge in [0.25, 0.3) is 0 Å². The van der Waals surface area contributed by atoms with E-state index in [2.05, 4.69) is 9.97 Å². The van der Waals surface area contributed by atoms with Gasteiger partial charge in [-0.2, -0.15) is 0 Å². The van der Waals surface area contributed by atoms with Gasteiger partial charge in [-0.05, 0) is 69.4 Å². The molecule has 0 spiro atoms. The first-order valence-corrected chi connectivity index (χ1v) is 11.9. The molecule has 30 heavy (non-hydrogen) atoms. The molecule has 3 aromatic rings. The Morgan fingerprint density at radius 1 is 1.13 bits per heavy atom. The molecule has 9 heteroatoms. The molecule has 0 bridgehead atoms. The molecule has 2 aromatic heterocycles. The summed E-state index contributed by atoms with van der Waals surface area (Å²) >= 11 is 1.51. The number of primary sulfonamides is 1. The maximum absolute atomic E-state index is 11.9. The molecule has 1 aromatic carbocycles. The molecule has 2 heterocycles. The molecule has 7 nitrogen and oxygen atoms in total. The fourth-order valence-corrected chi connectivity index (χ4v) is 4.58. The van der Waals surface area contributed by atoms with Crippen LogP contribution in [0.4, 0.5) is 5.82 Å². The highest BCUT2D eigenvalue weighted by Gasteiger charge is 2.17. The van der Waals surface area contributed by atoms with E-state index in [-0.39, 0.29) is 4.90 Å². The van der Waals surface area contributed by atoms with Crippen molar-refractivity contribution in [2.45, 2.75) is 50.5 Å². The van der Waals surface area contributed by atoms with Crippen LogP contribution in [0.25, 0.3) is 21.6 Å². The molecule has 0 aliphatic heterocycles. The first-order chi connectivity index (χ1) is 13.9. The van der Waals surface area contributed by atoms with Gasteiger partial charge >= 0.3 is 0 Å². The lowest BCUT2D eigenvalue weighted by molar-refractivity contribution is 0.0689. The van der Waals surface area contributed by atoms with Crippen LogP contribution in [-0.2, 0) is 16.4 Å². The number of hydrogen-bond donors (Lipinski definition) is 3. The van der Waals surface area contributed by atoms with Crippen LogP contribution in [0.1, 0.15) is 37.3 Å². The number of aromatic nitrogens is 2. The van der Waals surface area contributed by atoms with E-state index in [9.17, 15) is 13.5 Å². The van der Waals surface area contributed by atoms with Crippen LogP contribution < -0.4 is 10.9 Å². The van der Waals surface area contributed by atoms with Crippen LogP contribution in [0.3, 0.4) is 0 Å². The number of nitrogen functional groups attached to an aromatic ring is 1.